The second-order valence-corrected chi connectivity index (χ2v) is 6.54. The minimum atomic E-state index is 0.269. The normalized spacial score (nSPS) is 15.2. The molecule has 0 spiro atoms. The Morgan fingerprint density at radius 1 is 1.32 bits per heavy atom. The summed E-state index contributed by atoms with van der Waals surface area (Å²) in [5.74, 6) is 0.640. The maximum absolute atomic E-state index is 4.69. The maximum atomic E-state index is 4.69. The van der Waals surface area contributed by atoms with E-state index in [1.54, 1.807) is 0 Å². The summed E-state index contributed by atoms with van der Waals surface area (Å²) in [6.07, 6.45) is 4.33. The summed E-state index contributed by atoms with van der Waals surface area (Å²) < 4.78 is 2.05. The Morgan fingerprint density at radius 3 is 2.47 bits per heavy atom. The van der Waals surface area contributed by atoms with Crippen molar-refractivity contribution in [2.45, 2.75) is 60.4 Å². The van der Waals surface area contributed by atoms with Gasteiger partial charge < -0.3 is 5.32 Å². The SMILES string of the molecule is CCCNCC(C)(Cc1ccn(C(C)C)n1)C(C)C. The summed E-state index contributed by atoms with van der Waals surface area (Å²) >= 11 is 0. The highest BCUT2D eigenvalue weighted by Crippen LogP contribution is 2.30. The summed E-state index contributed by atoms with van der Waals surface area (Å²) in [6.45, 7) is 15.7. The van der Waals surface area contributed by atoms with Crippen LogP contribution in [0.2, 0.25) is 0 Å². The van der Waals surface area contributed by atoms with E-state index in [0.29, 0.717) is 12.0 Å². The third-order valence-corrected chi connectivity index (χ3v) is 4.13. The zero-order valence-electron chi connectivity index (χ0n) is 13.5. The zero-order chi connectivity index (χ0) is 14.5. The van der Waals surface area contributed by atoms with Crippen molar-refractivity contribution in [3.05, 3.63) is 18.0 Å². The Labute approximate surface area is 118 Å². The van der Waals surface area contributed by atoms with Crippen LogP contribution in [-0.4, -0.2) is 22.9 Å². The van der Waals surface area contributed by atoms with E-state index in [4.69, 9.17) is 5.10 Å². The van der Waals surface area contributed by atoms with Crippen LogP contribution in [0.4, 0.5) is 0 Å². The molecule has 110 valence electrons. The van der Waals surface area contributed by atoms with Crippen molar-refractivity contribution < 1.29 is 0 Å². The molecule has 0 amide bonds. The van der Waals surface area contributed by atoms with Gasteiger partial charge in [0.05, 0.1) is 5.69 Å². The smallest absolute Gasteiger partial charge is 0.0630 e. The van der Waals surface area contributed by atoms with Gasteiger partial charge in [-0.05, 0) is 50.6 Å². The lowest BCUT2D eigenvalue weighted by Gasteiger charge is -2.33. The first-order valence-electron chi connectivity index (χ1n) is 7.63. The predicted molar refractivity (Wildman–Crippen MR) is 82.4 cm³/mol. The van der Waals surface area contributed by atoms with E-state index in [2.05, 4.69) is 63.8 Å². The van der Waals surface area contributed by atoms with Crippen LogP contribution < -0.4 is 5.32 Å². The van der Waals surface area contributed by atoms with Gasteiger partial charge >= 0.3 is 0 Å². The van der Waals surface area contributed by atoms with Gasteiger partial charge in [-0.1, -0.05) is 27.7 Å². The summed E-state index contributed by atoms with van der Waals surface area (Å²) in [4.78, 5) is 0. The first-order valence-corrected chi connectivity index (χ1v) is 7.63. The molecule has 1 N–H and O–H groups in total. The van der Waals surface area contributed by atoms with E-state index in [-0.39, 0.29) is 5.41 Å². The molecule has 0 aliphatic rings. The van der Waals surface area contributed by atoms with Crippen molar-refractivity contribution in [2.24, 2.45) is 11.3 Å². The largest absolute Gasteiger partial charge is 0.316 e. The average Bonchev–Trinajstić information content (AvgIpc) is 2.77. The third-order valence-electron chi connectivity index (χ3n) is 4.13. The van der Waals surface area contributed by atoms with E-state index < -0.39 is 0 Å². The quantitative estimate of drug-likeness (QED) is 0.727. The Balaban J connectivity index is 2.70. The second kappa shape index (κ2) is 7.09. The number of aromatic nitrogens is 2. The lowest BCUT2D eigenvalue weighted by atomic mass is 9.75. The number of hydrogen-bond acceptors (Lipinski definition) is 2. The zero-order valence-corrected chi connectivity index (χ0v) is 13.5. The maximum Gasteiger partial charge on any atom is 0.0630 e. The molecule has 0 saturated heterocycles. The molecule has 0 aromatic carbocycles. The molecule has 0 bridgehead atoms. The van der Waals surface area contributed by atoms with Crippen molar-refractivity contribution in [1.82, 2.24) is 15.1 Å². The van der Waals surface area contributed by atoms with Gasteiger partial charge in [0.1, 0.15) is 0 Å². The molecule has 1 aromatic rings. The number of nitrogens with one attached hydrogen (secondary N) is 1. The van der Waals surface area contributed by atoms with Crippen LogP contribution in [0.15, 0.2) is 12.3 Å². The molecule has 1 unspecified atom stereocenters. The molecule has 19 heavy (non-hydrogen) atoms. The standard InChI is InChI=1S/C16H31N3/c1-7-9-17-12-16(6,13(2)3)11-15-8-10-19(18-15)14(4)5/h8,10,13-14,17H,7,9,11-12H2,1-6H3. The molecule has 1 aromatic heterocycles. The summed E-state index contributed by atoms with van der Waals surface area (Å²) in [5.41, 5.74) is 1.48. The Hall–Kier alpha value is -0.830. The topological polar surface area (TPSA) is 29.9 Å². The van der Waals surface area contributed by atoms with Crippen LogP contribution in [0.3, 0.4) is 0 Å². The molecule has 1 atom stereocenters. The van der Waals surface area contributed by atoms with Gasteiger partial charge in [0.2, 0.25) is 0 Å². The third kappa shape index (κ3) is 4.64. The van der Waals surface area contributed by atoms with Gasteiger partial charge in [-0.15, -0.1) is 0 Å². The van der Waals surface area contributed by atoms with Gasteiger partial charge in [-0.25, -0.2) is 0 Å². The fourth-order valence-corrected chi connectivity index (χ4v) is 2.19. The molecule has 1 heterocycles. The van der Waals surface area contributed by atoms with Crippen LogP contribution in [0.1, 0.15) is 59.7 Å². The summed E-state index contributed by atoms with van der Waals surface area (Å²) in [6, 6.07) is 2.61. The van der Waals surface area contributed by atoms with Crippen molar-refractivity contribution in [3.63, 3.8) is 0 Å². The highest BCUT2D eigenvalue weighted by atomic mass is 15.3. The minimum absolute atomic E-state index is 0.269. The molecule has 3 heteroatoms. The van der Waals surface area contributed by atoms with Gasteiger partial charge in [0.15, 0.2) is 0 Å². The Morgan fingerprint density at radius 2 is 2.00 bits per heavy atom. The van der Waals surface area contributed by atoms with Crippen LogP contribution >= 0.6 is 0 Å². The van der Waals surface area contributed by atoms with Crippen molar-refractivity contribution in [2.75, 3.05) is 13.1 Å². The molecule has 1 rings (SSSR count). The van der Waals surface area contributed by atoms with E-state index in [0.717, 1.165) is 19.5 Å². The number of nitrogens with zero attached hydrogens (tertiary/aromatic N) is 2. The van der Waals surface area contributed by atoms with Crippen LogP contribution in [-0.2, 0) is 6.42 Å². The second-order valence-electron chi connectivity index (χ2n) is 6.54. The number of hydrogen-bond donors (Lipinski definition) is 1. The summed E-state index contributed by atoms with van der Waals surface area (Å²) in [5, 5.41) is 8.27. The van der Waals surface area contributed by atoms with E-state index in [1.165, 1.54) is 12.1 Å². The molecule has 0 aliphatic carbocycles. The Kier molecular flexibility index (Phi) is 6.05. The van der Waals surface area contributed by atoms with Crippen molar-refractivity contribution in [3.8, 4) is 0 Å². The average molecular weight is 265 g/mol. The van der Waals surface area contributed by atoms with Crippen molar-refractivity contribution in [1.29, 1.82) is 0 Å². The van der Waals surface area contributed by atoms with Gasteiger partial charge in [0.25, 0.3) is 0 Å². The first-order chi connectivity index (χ1) is 8.89. The van der Waals surface area contributed by atoms with Crippen LogP contribution in [0.5, 0.6) is 0 Å². The summed E-state index contributed by atoms with van der Waals surface area (Å²) in [7, 11) is 0. The highest BCUT2D eigenvalue weighted by molar-refractivity contribution is 5.04. The number of rotatable bonds is 8. The van der Waals surface area contributed by atoms with Crippen LogP contribution in [0.25, 0.3) is 0 Å². The van der Waals surface area contributed by atoms with E-state index >= 15 is 0 Å². The van der Waals surface area contributed by atoms with Crippen LogP contribution in [0, 0.1) is 11.3 Å². The molecule has 0 aliphatic heterocycles. The fourth-order valence-electron chi connectivity index (χ4n) is 2.19. The highest BCUT2D eigenvalue weighted by Gasteiger charge is 2.29. The van der Waals surface area contributed by atoms with Gasteiger partial charge in [0, 0.05) is 18.8 Å². The van der Waals surface area contributed by atoms with E-state index in [1.807, 2.05) is 0 Å². The van der Waals surface area contributed by atoms with E-state index in [9.17, 15) is 0 Å². The van der Waals surface area contributed by atoms with Crippen molar-refractivity contribution >= 4 is 0 Å². The minimum Gasteiger partial charge on any atom is -0.316 e. The molecule has 0 fully saturated rings. The molecule has 0 radical (unpaired) electrons. The molecule has 3 nitrogen and oxygen atoms in total. The lowest BCUT2D eigenvalue weighted by molar-refractivity contribution is 0.205. The molecular weight excluding hydrogens is 234 g/mol. The Bertz CT molecular complexity index is 368. The van der Waals surface area contributed by atoms with Gasteiger partial charge in [-0.2, -0.15) is 5.10 Å². The predicted octanol–water partition coefficient (Wildman–Crippen LogP) is 3.67. The monoisotopic (exact) mass is 265 g/mol. The fraction of sp³-hybridized carbons (Fsp3) is 0.812. The van der Waals surface area contributed by atoms with Gasteiger partial charge in [-0.3, -0.25) is 4.68 Å². The first kappa shape index (κ1) is 16.2. The molecular formula is C16H31N3. The molecule has 0 saturated carbocycles. The lowest BCUT2D eigenvalue weighted by Crippen LogP contribution is -2.38.